The molecule has 5 nitrogen and oxygen atoms in total. The van der Waals surface area contributed by atoms with E-state index in [9.17, 15) is 4.79 Å². The highest BCUT2D eigenvalue weighted by Crippen LogP contribution is 2.42. The molecular formula is C20H25NO4. The summed E-state index contributed by atoms with van der Waals surface area (Å²) < 4.78 is 18.7. The first-order valence-electron chi connectivity index (χ1n) is 8.73. The van der Waals surface area contributed by atoms with Gasteiger partial charge in [0, 0.05) is 29.3 Å². The number of pyridine rings is 1. The highest BCUT2D eigenvalue weighted by molar-refractivity contribution is 5.75. The molecule has 5 heteroatoms. The van der Waals surface area contributed by atoms with Crippen LogP contribution in [0.3, 0.4) is 0 Å². The van der Waals surface area contributed by atoms with Crippen molar-refractivity contribution >= 4 is 0 Å². The predicted molar refractivity (Wildman–Crippen MR) is 98.1 cm³/mol. The van der Waals surface area contributed by atoms with Crippen molar-refractivity contribution in [3.05, 3.63) is 39.7 Å². The van der Waals surface area contributed by atoms with Gasteiger partial charge in [0.2, 0.25) is 0 Å². The second kappa shape index (κ2) is 7.21. The lowest BCUT2D eigenvalue weighted by molar-refractivity contribution is 0.306. The molecule has 0 saturated carbocycles. The SMILES string of the molecule is CCCCOc1cc(=O)n2c(c1C)-c1ccc(OC)c(OC)c1CC2. The van der Waals surface area contributed by atoms with Crippen LogP contribution in [0, 0.1) is 6.92 Å². The molecule has 0 radical (unpaired) electrons. The summed E-state index contributed by atoms with van der Waals surface area (Å²) in [6.07, 6.45) is 2.76. The molecule has 0 saturated heterocycles. The maximum atomic E-state index is 12.6. The molecule has 0 amide bonds. The van der Waals surface area contributed by atoms with Crippen molar-refractivity contribution in [3.8, 4) is 28.5 Å². The standard InChI is InChI=1S/C20H25NO4/c1-5-6-11-25-17-12-18(22)21-10-9-15-14(19(21)13(17)2)7-8-16(23-3)20(15)24-4/h7-8,12H,5-6,9-11H2,1-4H3. The van der Waals surface area contributed by atoms with Gasteiger partial charge in [-0.25, -0.2) is 0 Å². The number of nitrogens with zero attached hydrogens (tertiary/aromatic N) is 1. The van der Waals surface area contributed by atoms with Crippen LogP contribution in [-0.4, -0.2) is 25.4 Å². The molecule has 0 aliphatic carbocycles. The third kappa shape index (κ3) is 2.99. The van der Waals surface area contributed by atoms with Crippen LogP contribution < -0.4 is 19.8 Å². The predicted octanol–water partition coefficient (Wildman–Crippen LogP) is 3.58. The highest BCUT2D eigenvalue weighted by Gasteiger charge is 2.25. The summed E-state index contributed by atoms with van der Waals surface area (Å²) in [6, 6.07) is 5.51. The average Bonchev–Trinajstić information content (AvgIpc) is 2.63. The molecule has 0 unspecified atom stereocenters. The van der Waals surface area contributed by atoms with Gasteiger partial charge in [0.1, 0.15) is 5.75 Å². The minimum Gasteiger partial charge on any atom is -0.493 e. The van der Waals surface area contributed by atoms with E-state index in [0.717, 1.165) is 47.4 Å². The Morgan fingerprint density at radius 2 is 1.96 bits per heavy atom. The van der Waals surface area contributed by atoms with Crippen molar-refractivity contribution in [1.82, 2.24) is 4.57 Å². The quantitative estimate of drug-likeness (QED) is 0.752. The first kappa shape index (κ1) is 17.4. The van der Waals surface area contributed by atoms with Crippen molar-refractivity contribution in [2.75, 3.05) is 20.8 Å². The van der Waals surface area contributed by atoms with Crippen LogP contribution in [0.25, 0.3) is 11.3 Å². The second-order valence-electron chi connectivity index (χ2n) is 6.25. The Bertz CT molecular complexity index is 839. The van der Waals surface area contributed by atoms with Crippen LogP contribution in [-0.2, 0) is 13.0 Å². The number of hydrogen-bond donors (Lipinski definition) is 0. The van der Waals surface area contributed by atoms with Gasteiger partial charge < -0.3 is 18.8 Å². The van der Waals surface area contributed by atoms with E-state index in [1.54, 1.807) is 20.3 Å². The van der Waals surface area contributed by atoms with E-state index in [1.807, 2.05) is 23.6 Å². The first-order valence-corrected chi connectivity index (χ1v) is 8.73. The fourth-order valence-electron chi connectivity index (χ4n) is 3.46. The van der Waals surface area contributed by atoms with E-state index in [-0.39, 0.29) is 5.56 Å². The number of unbranched alkanes of at least 4 members (excludes halogenated alkanes) is 1. The molecule has 25 heavy (non-hydrogen) atoms. The summed E-state index contributed by atoms with van der Waals surface area (Å²) >= 11 is 0. The van der Waals surface area contributed by atoms with Gasteiger partial charge in [0.05, 0.1) is 26.5 Å². The number of benzene rings is 1. The zero-order chi connectivity index (χ0) is 18.0. The van der Waals surface area contributed by atoms with Gasteiger partial charge in [-0.05, 0) is 31.9 Å². The minimum atomic E-state index is -0.0208. The molecule has 1 aliphatic rings. The third-order valence-corrected chi connectivity index (χ3v) is 4.76. The summed E-state index contributed by atoms with van der Waals surface area (Å²) in [5.41, 5.74) is 3.98. The lowest BCUT2D eigenvalue weighted by Gasteiger charge is -2.27. The molecule has 0 bridgehead atoms. The molecule has 134 valence electrons. The lowest BCUT2D eigenvalue weighted by atomic mass is 9.93. The number of ether oxygens (including phenoxy) is 3. The monoisotopic (exact) mass is 343 g/mol. The number of hydrogen-bond acceptors (Lipinski definition) is 4. The topological polar surface area (TPSA) is 49.7 Å². The van der Waals surface area contributed by atoms with Gasteiger partial charge in [-0.3, -0.25) is 4.79 Å². The van der Waals surface area contributed by atoms with Crippen LogP contribution in [0.1, 0.15) is 30.9 Å². The molecule has 2 heterocycles. The first-order chi connectivity index (χ1) is 12.1. The molecule has 0 fully saturated rings. The third-order valence-electron chi connectivity index (χ3n) is 4.76. The molecule has 0 spiro atoms. The molecule has 2 aromatic rings. The van der Waals surface area contributed by atoms with Crippen LogP contribution in [0.15, 0.2) is 23.0 Å². The Morgan fingerprint density at radius 3 is 2.64 bits per heavy atom. The zero-order valence-corrected chi connectivity index (χ0v) is 15.3. The summed E-state index contributed by atoms with van der Waals surface area (Å²) in [7, 11) is 3.29. The number of methoxy groups -OCH3 is 2. The van der Waals surface area contributed by atoms with Crippen LogP contribution >= 0.6 is 0 Å². The van der Waals surface area contributed by atoms with Crippen molar-refractivity contribution < 1.29 is 14.2 Å². The number of rotatable bonds is 6. The van der Waals surface area contributed by atoms with Gasteiger partial charge in [-0.1, -0.05) is 13.3 Å². The van der Waals surface area contributed by atoms with E-state index >= 15 is 0 Å². The molecule has 1 aromatic carbocycles. The Balaban J connectivity index is 2.16. The molecule has 0 N–H and O–H groups in total. The van der Waals surface area contributed by atoms with Crippen molar-refractivity contribution in [2.24, 2.45) is 0 Å². The largest absolute Gasteiger partial charge is 0.493 e. The summed E-state index contributed by atoms with van der Waals surface area (Å²) in [5.74, 6) is 2.13. The Labute approximate surface area is 148 Å². The Kier molecular flexibility index (Phi) is 5.02. The van der Waals surface area contributed by atoms with Crippen molar-refractivity contribution in [3.63, 3.8) is 0 Å². The molecular weight excluding hydrogens is 318 g/mol. The Hall–Kier alpha value is -2.43. The van der Waals surface area contributed by atoms with Gasteiger partial charge in [0.15, 0.2) is 11.5 Å². The van der Waals surface area contributed by atoms with Gasteiger partial charge >= 0.3 is 0 Å². The maximum absolute atomic E-state index is 12.6. The van der Waals surface area contributed by atoms with E-state index in [2.05, 4.69) is 6.92 Å². The highest BCUT2D eigenvalue weighted by atomic mass is 16.5. The summed E-state index contributed by atoms with van der Waals surface area (Å²) in [4.78, 5) is 12.6. The van der Waals surface area contributed by atoms with Crippen LogP contribution in [0.4, 0.5) is 0 Å². The van der Waals surface area contributed by atoms with Crippen LogP contribution in [0.2, 0.25) is 0 Å². The van der Waals surface area contributed by atoms with E-state index in [1.165, 1.54) is 0 Å². The van der Waals surface area contributed by atoms with Crippen molar-refractivity contribution in [1.29, 1.82) is 0 Å². The van der Waals surface area contributed by atoms with E-state index in [0.29, 0.717) is 24.7 Å². The van der Waals surface area contributed by atoms with Crippen LogP contribution in [0.5, 0.6) is 17.2 Å². The average molecular weight is 343 g/mol. The van der Waals surface area contributed by atoms with Gasteiger partial charge in [0.25, 0.3) is 5.56 Å². The fourth-order valence-corrected chi connectivity index (χ4v) is 3.46. The molecule has 3 rings (SSSR count). The van der Waals surface area contributed by atoms with Gasteiger partial charge in [-0.2, -0.15) is 0 Å². The maximum Gasteiger partial charge on any atom is 0.254 e. The number of fused-ring (bicyclic) bond motifs is 3. The Morgan fingerprint density at radius 1 is 1.16 bits per heavy atom. The minimum absolute atomic E-state index is 0.0208. The van der Waals surface area contributed by atoms with Gasteiger partial charge in [-0.15, -0.1) is 0 Å². The number of aromatic nitrogens is 1. The summed E-state index contributed by atoms with van der Waals surface area (Å²) in [5, 5.41) is 0. The fraction of sp³-hybridized carbons (Fsp3) is 0.450. The van der Waals surface area contributed by atoms with E-state index in [4.69, 9.17) is 14.2 Å². The smallest absolute Gasteiger partial charge is 0.254 e. The molecule has 1 aliphatic heterocycles. The zero-order valence-electron chi connectivity index (χ0n) is 15.3. The summed E-state index contributed by atoms with van der Waals surface area (Å²) in [6.45, 7) is 5.38. The lowest BCUT2D eigenvalue weighted by Crippen LogP contribution is -2.27. The van der Waals surface area contributed by atoms with Crippen molar-refractivity contribution in [2.45, 2.75) is 39.7 Å². The second-order valence-corrected chi connectivity index (χ2v) is 6.25. The molecule has 1 aromatic heterocycles. The van der Waals surface area contributed by atoms with E-state index < -0.39 is 0 Å². The molecule has 0 atom stereocenters. The normalized spacial score (nSPS) is 12.3.